The number of ketones is 1. The molecule has 0 bridgehead atoms. The Balaban J connectivity index is 4.12. The first kappa shape index (κ1) is 30.7. The van der Waals surface area contributed by atoms with Gasteiger partial charge in [0.25, 0.3) is 0 Å². The zero-order valence-electron chi connectivity index (χ0n) is 22.2. The highest BCUT2D eigenvalue weighted by Crippen LogP contribution is 2.19. The standard InChI is InChI=1S/C30H49ClO/c1-24(2)14-11-17-27(5)20-12-18-25(3)15-9-10-16-26(4)19-13-21-28(6)22-23-29(32)30(7,8)31/h14-16,20-21H,9-13,17-19,22-23H2,1-8H3/b25-15+,26-16+,27-20+,28-21+. The minimum absolute atomic E-state index is 0.122. The van der Waals surface area contributed by atoms with E-state index in [4.69, 9.17) is 11.6 Å². The summed E-state index contributed by atoms with van der Waals surface area (Å²) in [7, 11) is 0. The Bertz CT molecular complexity index is 704. The molecule has 0 aliphatic heterocycles. The Morgan fingerprint density at radius 2 is 0.906 bits per heavy atom. The van der Waals surface area contributed by atoms with Crippen LogP contribution in [0.2, 0.25) is 0 Å². The molecule has 0 aliphatic carbocycles. The molecule has 0 aromatic carbocycles. The lowest BCUT2D eigenvalue weighted by Crippen LogP contribution is -2.24. The first-order chi connectivity index (χ1) is 14.9. The monoisotopic (exact) mass is 460 g/mol. The van der Waals surface area contributed by atoms with E-state index in [1.165, 1.54) is 34.3 Å². The zero-order valence-corrected chi connectivity index (χ0v) is 23.0. The molecule has 0 aromatic heterocycles. The molecule has 32 heavy (non-hydrogen) atoms. The van der Waals surface area contributed by atoms with Crippen LogP contribution in [0.15, 0.2) is 58.2 Å². The molecular weight excluding hydrogens is 412 g/mol. The van der Waals surface area contributed by atoms with Crippen molar-refractivity contribution in [1.29, 1.82) is 0 Å². The number of rotatable bonds is 16. The molecule has 0 heterocycles. The quantitative estimate of drug-likeness (QED) is 0.127. The lowest BCUT2D eigenvalue weighted by molar-refractivity contribution is -0.120. The fraction of sp³-hybridized carbons (Fsp3) is 0.633. The van der Waals surface area contributed by atoms with Gasteiger partial charge in [-0.3, -0.25) is 4.79 Å². The topological polar surface area (TPSA) is 17.1 Å². The zero-order chi connectivity index (χ0) is 24.6. The van der Waals surface area contributed by atoms with E-state index in [1.807, 2.05) is 0 Å². The van der Waals surface area contributed by atoms with Crippen LogP contribution in [0.4, 0.5) is 0 Å². The highest BCUT2D eigenvalue weighted by atomic mass is 35.5. The van der Waals surface area contributed by atoms with E-state index in [1.54, 1.807) is 13.8 Å². The minimum atomic E-state index is -0.743. The third kappa shape index (κ3) is 18.3. The number of Topliss-reactive ketones (excluding diaryl/α,β-unsaturated/α-hetero) is 1. The van der Waals surface area contributed by atoms with E-state index in [0.29, 0.717) is 6.42 Å². The maximum atomic E-state index is 11.9. The number of carbonyl (C=O) groups excluding carboxylic acids is 1. The highest BCUT2D eigenvalue weighted by Gasteiger charge is 2.23. The smallest absolute Gasteiger partial charge is 0.153 e. The van der Waals surface area contributed by atoms with Crippen LogP contribution >= 0.6 is 11.6 Å². The maximum absolute atomic E-state index is 11.9. The number of allylic oxidation sites excluding steroid dienone is 10. The van der Waals surface area contributed by atoms with Gasteiger partial charge >= 0.3 is 0 Å². The average molecular weight is 461 g/mol. The van der Waals surface area contributed by atoms with Crippen molar-refractivity contribution in [2.24, 2.45) is 0 Å². The molecule has 0 saturated carbocycles. The molecule has 0 saturated heterocycles. The second kappa shape index (κ2) is 17.2. The van der Waals surface area contributed by atoms with Gasteiger partial charge in [0.05, 0.1) is 4.87 Å². The van der Waals surface area contributed by atoms with Crippen LogP contribution in [0.25, 0.3) is 0 Å². The fourth-order valence-corrected chi connectivity index (χ4v) is 3.45. The lowest BCUT2D eigenvalue weighted by Gasteiger charge is -2.13. The molecule has 0 spiro atoms. The Kier molecular flexibility index (Phi) is 16.5. The van der Waals surface area contributed by atoms with E-state index in [0.717, 1.165) is 51.4 Å². The molecule has 0 rings (SSSR count). The van der Waals surface area contributed by atoms with Crippen molar-refractivity contribution in [2.45, 2.75) is 124 Å². The molecule has 2 heteroatoms. The van der Waals surface area contributed by atoms with E-state index in [-0.39, 0.29) is 5.78 Å². The van der Waals surface area contributed by atoms with Gasteiger partial charge in [-0.1, -0.05) is 58.2 Å². The number of carbonyl (C=O) groups is 1. The first-order valence-corrected chi connectivity index (χ1v) is 12.8. The average Bonchev–Trinajstić information content (AvgIpc) is 2.68. The summed E-state index contributed by atoms with van der Waals surface area (Å²) in [6.45, 7) is 16.7. The van der Waals surface area contributed by atoms with Gasteiger partial charge in [0.2, 0.25) is 0 Å². The molecule has 0 atom stereocenters. The van der Waals surface area contributed by atoms with Crippen LogP contribution in [0.1, 0.15) is 120 Å². The van der Waals surface area contributed by atoms with Gasteiger partial charge in [-0.05, 0) is 113 Å². The number of hydrogen-bond donors (Lipinski definition) is 0. The van der Waals surface area contributed by atoms with Crippen LogP contribution in [0, 0.1) is 0 Å². The van der Waals surface area contributed by atoms with E-state index >= 15 is 0 Å². The largest absolute Gasteiger partial charge is 0.298 e. The Morgan fingerprint density at radius 1 is 0.562 bits per heavy atom. The van der Waals surface area contributed by atoms with Crippen molar-refractivity contribution >= 4 is 17.4 Å². The van der Waals surface area contributed by atoms with Gasteiger partial charge in [0.15, 0.2) is 5.78 Å². The Morgan fingerprint density at radius 3 is 1.28 bits per heavy atom. The molecule has 0 aromatic rings. The van der Waals surface area contributed by atoms with Gasteiger partial charge in [-0.15, -0.1) is 11.6 Å². The normalized spacial score (nSPS) is 14.0. The first-order valence-electron chi connectivity index (χ1n) is 12.4. The van der Waals surface area contributed by atoms with Crippen molar-refractivity contribution in [3.63, 3.8) is 0 Å². The van der Waals surface area contributed by atoms with Gasteiger partial charge < -0.3 is 0 Å². The summed E-state index contributed by atoms with van der Waals surface area (Å²) in [5, 5.41) is 0. The molecule has 0 fully saturated rings. The number of unbranched alkanes of at least 4 members (excludes halogenated alkanes) is 1. The van der Waals surface area contributed by atoms with Gasteiger partial charge in [0.1, 0.15) is 0 Å². The summed E-state index contributed by atoms with van der Waals surface area (Å²) in [5.41, 5.74) is 7.15. The number of halogens is 1. The molecular formula is C30H49ClO. The molecule has 0 aliphatic rings. The second-order valence-corrected chi connectivity index (χ2v) is 11.0. The van der Waals surface area contributed by atoms with Gasteiger partial charge in [-0.2, -0.15) is 0 Å². The fourth-order valence-electron chi connectivity index (χ4n) is 3.36. The molecule has 0 amide bonds. The van der Waals surface area contributed by atoms with Crippen molar-refractivity contribution in [3.05, 3.63) is 58.2 Å². The van der Waals surface area contributed by atoms with Gasteiger partial charge in [-0.25, -0.2) is 0 Å². The summed E-state index contributed by atoms with van der Waals surface area (Å²) in [6, 6.07) is 0. The maximum Gasteiger partial charge on any atom is 0.153 e. The number of alkyl halides is 1. The summed E-state index contributed by atoms with van der Waals surface area (Å²) in [5.74, 6) is 0.122. The summed E-state index contributed by atoms with van der Waals surface area (Å²) >= 11 is 6.07. The van der Waals surface area contributed by atoms with Crippen LogP contribution in [-0.2, 0) is 4.79 Å². The van der Waals surface area contributed by atoms with Crippen LogP contribution in [-0.4, -0.2) is 10.7 Å². The molecule has 0 radical (unpaired) electrons. The van der Waals surface area contributed by atoms with Crippen molar-refractivity contribution in [1.82, 2.24) is 0 Å². The molecule has 182 valence electrons. The SMILES string of the molecule is CC(C)=CCC/C(C)=C/CC/C(C)=C/CC/C=C(\C)CC/C=C(\C)CCC(=O)C(C)(C)Cl. The lowest BCUT2D eigenvalue weighted by atomic mass is 10.00. The van der Waals surface area contributed by atoms with Crippen molar-refractivity contribution < 1.29 is 4.79 Å². The molecule has 1 nitrogen and oxygen atoms in total. The van der Waals surface area contributed by atoms with E-state index in [9.17, 15) is 4.79 Å². The second-order valence-electron chi connectivity index (χ2n) is 10.1. The predicted molar refractivity (Wildman–Crippen MR) is 146 cm³/mol. The Labute approximate surface area is 204 Å². The summed E-state index contributed by atoms with van der Waals surface area (Å²) in [4.78, 5) is 11.2. The van der Waals surface area contributed by atoms with Crippen LogP contribution in [0.5, 0.6) is 0 Å². The number of hydrogen-bond acceptors (Lipinski definition) is 1. The highest BCUT2D eigenvalue weighted by molar-refractivity contribution is 6.34. The van der Waals surface area contributed by atoms with Crippen LogP contribution < -0.4 is 0 Å². The van der Waals surface area contributed by atoms with E-state index in [2.05, 4.69) is 71.9 Å². The molecule has 0 unspecified atom stereocenters. The van der Waals surface area contributed by atoms with Crippen LogP contribution in [0.3, 0.4) is 0 Å². The summed E-state index contributed by atoms with van der Waals surface area (Å²) < 4.78 is 0. The minimum Gasteiger partial charge on any atom is -0.298 e. The predicted octanol–water partition coefficient (Wildman–Crippen LogP) is 10.2. The third-order valence-electron chi connectivity index (χ3n) is 5.72. The summed E-state index contributed by atoms with van der Waals surface area (Å²) in [6.07, 6.45) is 22.1. The van der Waals surface area contributed by atoms with Crippen molar-refractivity contribution in [2.75, 3.05) is 0 Å². The van der Waals surface area contributed by atoms with Gasteiger partial charge in [0, 0.05) is 6.42 Å². The molecule has 0 N–H and O–H groups in total. The Hall–Kier alpha value is -1.34. The third-order valence-corrected chi connectivity index (χ3v) is 5.93. The van der Waals surface area contributed by atoms with Crippen molar-refractivity contribution in [3.8, 4) is 0 Å². The van der Waals surface area contributed by atoms with E-state index < -0.39 is 4.87 Å².